The van der Waals surface area contributed by atoms with E-state index in [1.807, 2.05) is 0 Å². The molecule has 1 aliphatic heterocycles. The molecule has 0 bridgehead atoms. The van der Waals surface area contributed by atoms with Gasteiger partial charge in [-0.2, -0.15) is 0 Å². The summed E-state index contributed by atoms with van der Waals surface area (Å²) in [6, 6.07) is 82.5. The molecule has 400 valence electrons. The Morgan fingerprint density at radius 2 is 1.20 bits per heavy atom. The molecule has 0 saturated carbocycles. The van der Waals surface area contributed by atoms with E-state index in [-0.39, 0.29) is 24.5 Å². The molecular formula is C78H64BN3O. The van der Waals surface area contributed by atoms with Crippen LogP contribution in [0.3, 0.4) is 0 Å². The molecule has 3 atom stereocenters. The number of hydrogen-bond acceptors (Lipinski definition) is 3. The third kappa shape index (κ3) is 8.87. The van der Waals surface area contributed by atoms with E-state index in [1.54, 1.807) is 0 Å². The van der Waals surface area contributed by atoms with Crippen LogP contribution in [0.15, 0.2) is 278 Å². The fraction of sp³-hybridized carbons (Fsp3) is 0.103. The minimum Gasteiger partial charge on any atom is -0.455 e. The van der Waals surface area contributed by atoms with Gasteiger partial charge in [-0.1, -0.05) is 226 Å². The van der Waals surface area contributed by atoms with E-state index in [0.29, 0.717) is 0 Å². The van der Waals surface area contributed by atoms with Crippen LogP contribution in [-0.4, -0.2) is 18.3 Å². The molecule has 10 aromatic carbocycles. The van der Waals surface area contributed by atoms with Gasteiger partial charge in [0.1, 0.15) is 11.2 Å². The maximum atomic E-state index is 6.93. The van der Waals surface area contributed by atoms with Gasteiger partial charge in [-0.15, -0.1) is 6.58 Å². The fourth-order valence-electron chi connectivity index (χ4n) is 13.6. The van der Waals surface area contributed by atoms with Crippen LogP contribution in [0.5, 0.6) is 0 Å². The molecule has 1 unspecified atom stereocenters. The highest BCUT2D eigenvalue weighted by Gasteiger charge is 2.44. The summed E-state index contributed by atoms with van der Waals surface area (Å²) in [4.78, 5) is 4.99. The van der Waals surface area contributed by atoms with Gasteiger partial charge in [0.2, 0.25) is 6.71 Å². The smallest absolute Gasteiger partial charge is 0.220 e. The van der Waals surface area contributed by atoms with Crippen molar-refractivity contribution in [2.24, 2.45) is 5.92 Å². The Balaban J connectivity index is 1.06. The highest BCUT2D eigenvalue weighted by atomic mass is 16.3. The summed E-state index contributed by atoms with van der Waals surface area (Å²) in [7, 11) is 2.26. The molecule has 2 aromatic heterocycles. The molecule has 14 rings (SSSR count). The number of aromatic nitrogens is 1. The SMILES string of the molecule is C=CC([C@H](C)[C@@H](C)B1c2cc(-c3ccccc3)ccc2N(c2ccc(-c3ccccc3)cc2)c2cc(-c3cccc4c3oc3ccccc34)cc(N(C)c3ccc4c(c3)C(=C)/C=C\C/C=C\C=C4C)c21)n1c2ccccc2c2ccccc21. The second-order valence-corrected chi connectivity index (χ2v) is 22.7. The van der Waals surface area contributed by atoms with Crippen molar-refractivity contribution in [1.82, 2.24) is 4.57 Å². The maximum absolute atomic E-state index is 6.93. The van der Waals surface area contributed by atoms with Gasteiger partial charge in [-0.3, -0.25) is 0 Å². The maximum Gasteiger partial charge on any atom is 0.220 e. The van der Waals surface area contributed by atoms with Crippen LogP contribution in [0.1, 0.15) is 44.4 Å². The second-order valence-electron chi connectivity index (χ2n) is 22.7. The van der Waals surface area contributed by atoms with E-state index in [2.05, 4.69) is 316 Å². The van der Waals surface area contributed by atoms with E-state index in [1.165, 1.54) is 66.1 Å². The molecule has 0 radical (unpaired) electrons. The molecule has 0 amide bonds. The first-order valence-electron chi connectivity index (χ1n) is 29.1. The number of nitrogens with zero attached hydrogens (tertiary/aromatic N) is 3. The van der Waals surface area contributed by atoms with E-state index in [4.69, 9.17) is 4.42 Å². The Morgan fingerprint density at radius 1 is 0.566 bits per heavy atom. The quantitative estimate of drug-likeness (QED) is 0.0953. The number of rotatable bonds is 11. The molecule has 5 heteroatoms. The van der Waals surface area contributed by atoms with Gasteiger partial charge in [0.15, 0.2) is 0 Å². The number of allylic oxidation sites excluding steroid dienone is 8. The van der Waals surface area contributed by atoms with Crippen LogP contribution in [0.4, 0.5) is 28.4 Å². The van der Waals surface area contributed by atoms with Crippen LogP contribution < -0.4 is 20.7 Å². The molecule has 83 heavy (non-hydrogen) atoms. The minimum atomic E-state index is -0.117. The summed E-state index contributed by atoms with van der Waals surface area (Å²) in [6.45, 7) is 16.4. The average Bonchev–Trinajstić information content (AvgIpc) is 3.94. The van der Waals surface area contributed by atoms with E-state index >= 15 is 0 Å². The van der Waals surface area contributed by atoms with Gasteiger partial charge in [-0.25, -0.2) is 0 Å². The van der Waals surface area contributed by atoms with Crippen molar-refractivity contribution in [3.05, 3.63) is 285 Å². The molecule has 0 saturated heterocycles. The lowest BCUT2D eigenvalue weighted by Crippen LogP contribution is -2.55. The van der Waals surface area contributed by atoms with Crippen molar-refractivity contribution in [3.63, 3.8) is 0 Å². The van der Waals surface area contributed by atoms with Crippen LogP contribution in [-0.2, 0) is 0 Å². The zero-order chi connectivity index (χ0) is 56.3. The van der Waals surface area contributed by atoms with Crippen molar-refractivity contribution >= 4 is 101 Å². The summed E-state index contributed by atoms with van der Waals surface area (Å²) >= 11 is 0. The lowest BCUT2D eigenvalue weighted by molar-refractivity contribution is 0.420. The first-order chi connectivity index (χ1) is 40.7. The molecule has 0 N–H and O–H groups in total. The van der Waals surface area contributed by atoms with Crippen molar-refractivity contribution in [2.75, 3.05) is 16.8 Å². The monoisotopic (exact) mass is 1070 g/mol. The highest BCUT2D eigenvalue weighted by molar-refractivity contribution is 6.90. The minimum absolute atomic E-state index is 0.0510. The van der Waals surface area contributed by atoms with Crippen molar-refractivity contribution in [1.29, 1.82) is 0 Å². The van der Waals surface area contributed by atoms with Gasteiger partial charge < -0.3 is 18.8 Å². The number of anilines is 5. The van der Waals surface area contributed by atoms with Crippen LogP contribution in [0.2, 0.25) is 5.82 Å². The molecule has 0 fully saturated rings. The van der Waals surface area contributed by atoms with Crippen LogP contribution in [0, 0.1) is 5.92 Å². The summed E-state index contributed by atoms with van der Waals surface area (Å²) in [5.74, 6) is 0.134. The highest BCUT2D eigenvalue weighted by Crippen LogP contribution is 2.49. The second kappa shape index (κ2) is 21.2. The third-order valence-corrected chi connectivity index (χ3v) is 18.0. The zero-order valence-corrected chi connectivity index (χ0v) is 47.5. The largest absolute Gasteiger partial charge is 0.455 e. The Labute approximate surface area is 487 Å². The van der Waals surface area contributed by atoms with Gasteiger partial charge >= 0.3 is 0 Å². The topological polar surface area (TPSA) is 24.6 Å². The van der Waals surface area contributed by atoms with Gasteiger partial charge in [0.05, 0.1) is 6.04 Å². The normalized spacial score (nSPS) is 15.1. The number of furan rings is 1. The van der Waals surface area contributed by atoms with Crippen LogP contribution >= 0.6 is 0 Å². The van der Waals surface area contributed by atoms with Crippen molar-refractivity contribution in [2.45, 2.75) is 39.1 Å². The first kappa shape index (κ1) is 51.3. The number of hydrogen-bond donors (Lipinski definition) is 0. The lowest BCUT2D eigenvalue weighted by atomic mass is 9.30. The predicted octanol–water partition coefficient (Wildman–Crippen LogP) is 20.2. The average molecular weight is 1070 g/mol. The Hall–Kier alpha value is -9.84. The Morgan fingerprint density at radius 3 is 1.93 bits per heavy atom. The van der Waals surface area contributed by atoms with Gasteiger partial charge in [-0.05, 0) is 141 Å². The van der Waals surface area contributed by atoms with Crippen LogP contribution in [0.25, 0.3) is 88.3 Å². The van der Waals surface area contributed by atoms with E-state index < -0.39 is 0 Å². The van der Waals surface area contributed by atoms with E-state index in [9.17, 15) is 0 Å². The third-order valence-electron chi connectivity index (χ3n) is 18.0. The molecule has 4 nitrogen and oxygen atoms in total. The van der Waals surface area contributed by atoms with Crippen molar-refractivity contribution < 1.29 is 4.42 Å². The van der Waals surface area contributed by atoms with Crippen molar-refractivity contribution in [3.8, 4) is 33.4 Å². The predicted molar refractivity (Wildman–Crippen MR) is 357 cm³/mol. The Kier molecular flexibility index (Phi) is 13.1. The number of para-hydroxylation sites is 4. The summed E-state index contributed by atoms with van der Waals surface area (Å²) in [5, 5.41) is 4.70. The summed E-state index contributed by atoms with van der Waals surface area (Å²) < 4.78 is 9.49. The molecule has 12 aromatic rings. The summed E-state index contributed by atoms with van der Waals surface area (Å²) in [5.41, 5.74) is 23.5. The molecular weight excluding hydrogens is 1010 g/mol. The molecule has 2 aliphatic rings. The van der Waals surface area contributed by atoms with E-state index in [0.717, 1.165) is 79.1 Å². The Bertz CT molecular complexity index is 4540. The van der Waals surface area contributed by atoms with Gasteiger partial charge in [0, 0.05) is 73.6 Å². The first-order valence-corrected chi connectivity index (χ1v) is 29.1. The molecule has 1 aliphatic carbocycles. The number of benzene rings is 10. The number of fused-ring (bicyclic) bond motifs is 9. The molecule has 0 spiro atoms. The zero-order valence-electron chi connectivity index (χ0n) is 47.5. The molecule has 3 heterocycles. The van der Waals surface area contributed by atoms with Gasteiger partial charge in [0.25, 0.3) is 0 Å². The lowest BCUT2D eigenvalue weighted by Gasteiger charge is -2.43. The standard InChI is InChI=1S/C78H64BN3O/c1-7-70(82-71-36-21-18-31-64(71)65-32-19-22-37-72(65)82)53(4)54(5)79-69-47-58(56-29-16-11-17-30-56)41-46-73(69)81(60-42-39-57(40-43-60)55-27-14-10-15-28-55)75-49-59(63-34-24-35-67-66-33-20-23-38-76(66)83-78(63)67)48-74(77(75)79)80(6)61-44-45-62-51(2)25-12-8-9-13-26-52(3)68(62)50-61/h7-8,10-50,53-54,70H,1,3,9H2,2,4-6H3/b12-8-,26-13-,51-25?/t53-,54-,70?/m1/s1. The summed E-state index contributed by atoms with van der Waals surface area (Å²) in [6.07, 6.45) is 14.0. The fourth-order valence-corrected chi connectivity index (χ4v) is 13.6.